The van der Waals surface area contributed by atoms with Crippen molar-refractivity contribution in [2.24, 2.45) is 35.5 Å². The highest BCUT2D eigenvalue weighted by molar-refractivity contribution is 6.39. The summed E-state index contributed by atoms with van der Waals surface area (Å²) in [4.78, 5) is 71.8. The number of esters is 1. The van der Waals surface area contributed by atoms with E-state index in [2.05, 4.69) is 0 Å². The Kier molecular flexibility index (Phi) is 21.0. The third-order valence-electron chi connectivity index (χ3n) is 14.5. The molecule has 1 amide bonds. The molecule has 0 aromatic carbocycles. The van der Waals surface area contributed by atoms with Crippen molar-refractivity contribution in [3.05, 3.63) is 47.6 Å². The van der Waals surface area contributed by atoms with Crippen LogP contribution >= 0.6 is 0 Å². The van der Waals surface area contributed by atoms with Crippen LogP contribution in [-0.4, -0.2) is 132 Å². The van der Waals surface area contributed by atoms with E-state index in [0.29, 0.717) is 63.4 Å². The van der Waals surface area contributed by atoms with Gasteiger partial charge in [0.15, 0.2) is 5.78 Å². The van der Waals surface area contributed by atoms with Crippen molar-refractivity contribution in [3.63, 3.8) is 0 Å². The lowest BCUT2D eigenvalue weighted by Crippen LogP contribution is -2.61. The Bertz CT molecular complexity index is 1760. The van der Waals surface area contributed by atoms with Gasteiger partial charge in [-0.1, -0.05) is 71.1 Å². The summed E-state index contributed by atoms with van der Waals surface area (Å²) in [7, 11) is 4.52. The maximum atomic E-state index is 14.4. The number of ketones is 3. The van der Waals surface area contributed by atoms with Gasteiger partial charge in [0, 0.05) is 58.5 Å². The standard InChI is InChI=1S/C51H79NO13/c1-30-16-12-11-13-17-31(2)42(61-8)28-38-21-19-36(7)51(60,65-38)48(57)49(58)52-23-15-14-18-39(52)50(59)64-43(33(4)26-37-20-22-40(53)44(27-37)62-9)29-41(54)32(3)25-35(6)46(56)47(63-10)45(55)34(5)24-30/h11-13,16-17,25,30,32-34,36-40,42-44,46-47,53,56,60H,14-15,18-24,26-29H2,1-10H3/b13-11+,16-12+,31-17+,35-25+/t30-,32-,33-,34-,36-,37-,38+,39+,40-,42-,43+,44-,46-,47+,51-/m1/s1. The van der Waals surface area contributed by atoms with Crippen LogP contribution in [0.1, 0.15) is 126 Å². The lowest BCUT2D eigenvalue weighted by molar-refractivity contribution is -0.265. The number of methoxy groups -OCH3 is 3. The molecular formula is C51H79NO13. The predicted molar refractivity (Wildman–Crippen MR) is 245 cm³/mol. The van der Waals surface area contributed by atoms with Crippen molar-refractivity contribution in [1.29, 1.82) is 0 Å². The number of carbonyl (C=O) groups excluding carboxylic acids is 5. The number of carbonyl (C=O) groups is 5. The molecule has 3 aliphatic heterocycles. The highest BCUT2D eigenvalue weighted by Crippen LogP contribution is 2.38. The van der Waals surface area contributed by atoms with Gasteiger partial charge >= 0.3 is 5.97 Å². The number of amides is 1. The number of allylic oxidation sites excluding steroid dienone is 6. The summed E-state index contributed by atoms with van der Waals surface area (Å²) in [5, 5.41) is 33.8. The summed E-state index contributed by atoms with van der Waals surface area (Å²) in [6.07, 6.45) is 11.2. The maximum Gasteiger partial charge on any atom is 0.329 e. The van der Waals surface area contributed by atoms with Crippen molar-refractivity contribution in [2.45, 2.75) is 180 Å². The zero-order valence-corrected chi connectivity index (χ0v) is 40.6. The largest absolute Gasteiger partial charge is 0.460 e. The second kappa shape index (κ2) is 25.1. The van der Waals surface area contributed by atoms with Crippen molar-refractivity contribution >= 4 is 29.2 Å². The van der Waals surface area contributed by atoms with E-state index in [4.69, 9.17) is 23.7 Å². The fraction of sp³-hybridized carbons (Fsp3) is 0.745. The summed E-state index contributed by atoms with van der Waals surface area (Å²) in [5.41, 5.74) is 1.27. The normalized spacial score (nSPS) is 40.4. The molecule has 366 valence electrons. The first-order valence-electron chi connectivity index (χ1n) is 23.9. The van der Waals surface area contributed by atoms with E-state index in [9.17, 15) is 39.3 Å². The lowest BCUT2D eigenvalue weighted by Gasteiger charge is -2.42. The number of Topliss-reactive ketones (excluding diaryl/α,β-unsaturated/α-hetero) is 3. The summed E-state index contributed by atoms with van der Waals surface area (Å²) in [5.74, 6) is -7.96. The molecule has 0 spiro atoms. The first kappa shape index (κ1) is 54.2. The van der Waals surface area contributed by atoms with E-state index in [-0.39, 0.29) is 54.8 Å². The van der Waals surface area contributed by atoms with Crippen LogP contribution in [0, 0.1) is 35.5 Å². The van der Waals surface area contributed by atoms with Crippen LogP contribution in [0.5, 0.6) is 0 Å². The molecule has 0 aromatic rings. The minimum atomic E-state index is -2.43. The van der Waals surface area contributed by atoms with E-state index >= 15 is 0 Å². The minimum Gasteiger partial charge on any atom is -0.460 e. The van der Waals surface area contributed by atoms with E-state index < -0.39 is 83.9 Å². The van der Waals surface area contributed by atoms with Gasteiger partial charge in [0.25, 0.3) is 11.7 Å². The average Bonchev–Trinajstić information content (AvgIpc) is 3.28. The number of hydrogen-bond donors (Lipinski definition) is 3. The van der Waals surface area contributed by atoms with Crippen molar-refractivity contribution < 1.29 is 63.0 Å². The van der Waals surface area contributed by atoms with Gasteiger partial charge in [-0.2, -0.15) is 0 Å². The van der Waals surface area contributed by atoms with Gasteiger partial charge in [-0.05, 0) is 107 Å². The van der Waals surface area contributed by atoms with Gasteiger partial charge in [0.2, 0.25) is 5.79 Å². The molecule has 65 heavy (non-hydrogen) atoms. The highest BCUT2D eigenvalue weighted by Gasteiger charge is 2.53. The molecule has 3 heterocycles. The Morgan fingerprint density at radius 3 is 2.25 bits per heavy atom. The highest BCUT2D eigenvalue weighted by atomic mass is 16.6. The van der Waals surface area contributed by atoms with Gasteiger partial charge in [0.1, 0.15) is 30.1 Å². The van der Waals surface area contributed by atoms with Gasteiger partial charge < -0.3 is 43.9 Å². The molecule has 4 aliphatic rings. The van der Waals surface area contributed by atoms with Crippen molar-refractivity contribution in [1.82, 2.24) is 4.90 Å². The molecule has 3 N–H and O–H groups in total. The van der Waals surface area contributed by atoms with E-state index in [0.717, 1.165) is 12.0 Å². The number of ether oxygens (including phenoxy) is 5. The molecule has 0 unspecified atom stereocenters. The molecule has 1 saturated carbocycles. The predicted octanol–water partition coefficient (Wildman–Crippen LogP) is 6.18. The molecule has 14 heteroatoms. The molecule has 2 bridgehead atoms. The third kappa shape index (κ3) is 14.3. The molecule has 15 atom stereocenters. The number of fused-ring (bicyclic) bond motifs is 3. The molecule has 4 rings (SSSR count). The number of aliphatic hydroxyl groups excluding tert-OH is 2. The van der Waals surface area contributed by atoms with Gasteiger partial charge in [-0.25, -0.2) is 4.79 Å². The van der Waals surface area contributed by atoms with Crippen molar-refractivity contribution in [3.8, 4) is 0 Å². The average molecular weight is 914 g/mol. The summed E-state index contributed by atoms with van der Waals surface area (Å²) in [6.45, 7) is 12.7. The topological polar surface area (TPSA) is 195 Å². The minimum absolute atomic E-state index is 0.0193. The molecule has 0 aromatic heterocycles. The molecule has 3 fully saturated rings. The fourth-order valence-electron chi connectivity index (χ4n) is 10.1. The zero-order chi connectivity index (χ0) is 48.2. The molecule has 0 radical (unpaired) electrons. The number of cyclic esters (lactones) is 1. The summed E-state index contributed by atoms with van der Waals surface area (Å²) in [6, 6.07) is -1.14. The molecule has 14 nitrogen and oxygen atoms in total. The van der Waals surface area contributed by atoms with E-state index in [1.165, 1.54) is 12.0 Å². The molecule has 2 saturated heterocycles. The third-order valence-corrected chi connectivity index (χ3v) is 14.5. The van der Waals surface area contributed by atoms with Gasteiger partial charge in [-0.15, -0.1) is 0 Å². The smallest absolute Gasteiger partial charge is 0.329 e. The van der Waals surface area contributed by atoms with Crippen LogP contribution in [0.15, 0.2) is 47.6 Å². The van der Waals surface area contributed by atoms with E-state index in [1.807, 2.05) is 58.1 Å². The number of hydrogen-bond acceptors (Lipinski definition) is 13. The van der Waals surface area contributed by atoms with E-state index in [1.54, 1.807) is 41.1 Å². The van der Waals surface area contributed by atoms with Crippen molar-refractivity contribution in [2.75, 3.05) is 27.9 Å². The van der Waals surface area contributed by atoms with Crippen LogP contribution in [-0.2, 0) is 47.7 Å². The van der Waals surface area contributed by atoms with Crippen LogP contribution in [0.25, 0.3) is 0 Å². The van der Waals surface area contributed by atoms with Crippen LogP contribution in [0.3, 0.4) is 0 Å². The Morgan fingerprint density at radius 2 is 1.57 bits per heavy atom. The summed E-state index contributed by atoms with van der Waals surface area (Å²) < 4.78 is 29.4. The Labute approximate surface area is 387 Å². The van der Waals surface area contributed by atoms with Gasteiger partial charge in [-0.3, -0.25) is 19.2 Å². The Balaban J connectivity index is 1.70. The second-order valence-corrected chi connectivity index (χ2v) is 19.6. The molecular weight excluding hydrogens is 835 g/mol. The van der Waals surface area contributed by atoms with Gasteiger partial charge in [0.05, 0.1) is 24.4 Å². The fourth-order valence-corrected chi connectivity index (χ4v) is 10.1. The number of rotatable bonds is 6. The Morgan fingerprint density at radius 1 is 0.846 bits per heavy atom. The lowest BCUT2D eigenvalue weighted by atomic mass is 9.78. The molecule has 1 aliphatic carbocycles. The first-order chi connectivity index (χ1) is 30.7. The number of nitrogens with zero attached hydrogens (tertiary/aromatic N) is 1. The zero-order valence-electron chi connectivity index (χ0n) is 40.6. The maximum absolute atomic E-state index is 14.4. The number of aliphatic hydroxyl groups is 3. The summed E-state index contributed by atoms with van der Waals surface area (Å²) >= 11 is 0. The Hall–Kier alpha value is -3.37. The quantitative estimate of drug-likeness (QED) is 0.156. The monoisotopic (exact) mass is 914 g/mol. The second-order valence-electron chi connectivity index (χ2n) is 19.6. The van der Waals surface area contributed by atoms with Crippen LogP contribution < -0.4 is 0 Å². The van der Waals surface area contributed by atoms with Crippen LogP contribution in [0.4, 0.5) is 0 Å². The van der Waals surface area contributed by atoms with Crippen LogP contribution in [0.2, 0.25) is 0 Å². The first-order valence-corrected chi connectivity index (χ1v) is 23.9. The SMILES string of the molecule is CO[C@@H]1C[C@@H]2CC[C@@H](C)[C@@](O)(O2)C(=O)C(=O)N2CCCC[C@H]2C(=O)O[C@H]([C@H](C)C[C@H]2CC[C@@H](O)[C@H](OC)C2)CC(=O)[C@H](C)/C=C(\C)[C@@H](O)[C@@H](OC)C(=O)[C@H](C)C[C@H](C)/C=C/C=C/C=C/1C. The number of piperidine rings is 1.